The molecule has 112 valence electrons. The van der Waals surface area contributed by atoms with Crippen molar-refractivity contribution in [2.45, 2.75) is 13.0 Å². The number of ether oxygens (including phenoxy) is 1. The van der Waals surface area contributed by atoms with Gasteiger partial charge in [0.25, 0.3) is 0 Å². The molecule has 0 spiro atoms. The molecule has 2 atom stereocenters. The Bertz CT molecular complexity index is 469. The van der Waals surface area contributed by atoms with Crippen molar-refractivity contribution < 1.29 is 13.9 Å². The van der Waals surface area contributed by atoms with Gasteiger partial charge in [0.15, 0.2) is 5.82 Å². The van der Waals surface area contributed by atoms with Crippen molar-refractivity contribution in [1.29, 1.82) is 5.41 Å². The van der Waals surface area contributed by atoms with Gasteiger partial charge in [0.2, 0.25) is 0 Å². The Morgan fingerprint density at radius 2 is 2.00 bits per heavy atom. The van der Waals surface area contributed by atoms with Crippen molar-refractivity contribution in [3.63, 3.8) is 0 Å². The number of carbonyl (C=O) groups is 1. The molecule has 2 unspecified atom stereocenters. The molecule has 3 N–H and O–H groups in total. The Kier molecular flexibility index (Phi) is 8.48. The number of hydrogen-bond donors (Lipinski definition) is 3. The summed E-state index contributed by atoms with van der Waals surface area (Å²) in [6, 6.07) is 2.48. The summed E-state index contributed by atoms with van der Waals surface area (Å²) in [5.74, 6) is -1.06. The fourth-order valence-electron chi connectivity index (χ4n) is 1.53. The van der Waals surface area contributed by atoms with E-state index in [0.29, 0.717) is 5.69 Å². The summed E-state index contributed by atoms with van der Waals surface area (Å²) in [5, 5.41) is 12.7. The molecular weight excluding hydrogens is 280 g/mol. The van der Waals surface area contributed by atoms with E-state index in [2.05, 4.69) is 24.6 Å². The lowest BCUT2D eigenvalue weighted by molar-refractivity contribution is -0.141. The Morgan fingerprint density at radius 3 is 2.45 bits per heavy atom. The van der Waals surface area contributed by atoms with E-state index in [-0.39, 0.29) is 11.3 Å². The van der Waals surface area contributed by atoms with Crippen molar-refractivity contribution in [3.8, 4) is 0 Å². The lowest BCUT2D eigenvalue weighted by Crippen LogP contribution is -2.27. The van der Waals surface area contributed by atoms with Crippen LogP contribution in [0, 0.1) is 11.2 Å². The molecule has 20 heavy (non-hydrogen) atoms. The zero-order chi connectivity index (χ0) is 15.7. The Morgan fingerprint density at radius 1 is 1.45 bits per heavy atom. The molecule has 0 heterocycles. The lowest BCUT2D eigenvalue weighted by Gasteiger charge is -2.16. The normalized spacial score (nSPS) is 10.7. The highest BCUT2D eigenvalue weighted by atomic mass is 31.0. The first-order chi connectivity index (χ1) is 9.54. The van der Waals surface area contributed by atoms with E-state index < -0.39 is 17.8 Å². The van der Waals surface area contributed by atoms with Crippen LogP contribution >= 0.6 is 9.24 Å². The van der Waals surface area contributed by atoms with E-state index in [1.165, 1.54) is 13.2 Å². The topological polar surface area (TPSA) is 74.2 Å². The van der Waals surface area contributed by atoms with E-state index in [4.69, 9.17) is 5.41 Å². The van der Waals surface area contributed by atoms with E-state index in [1.54, 1.807) is 20.0 Å². The summed E-state index contributed by atoms with van der Waals surface area (Å²) >= 11 is 0. The van der Waals surface area contributed by atoms with Crippen LogP contribution in [0.5, 0.6) is 0 Å². The molecule has 0 aliphatic carbocycles. The van der Waals surface area contributed by atoms with Crippen LogP contribution in [-0.2, 0) is 9.53 Å². The summed E-state index contributed by atoms with van der Waals surface area (Å²) in [6.45, 7) is 3.49. The average molecular weight is 301 g/mol. The summed E-state index contributed by atoms with van der Waals surface area (Å²) in [6.07, 6.45) is 0.926. The number of nitrogens with one attached hydrogen (secondary N) is 3. The maximum atomic E-state index is 14.0. The van der Waals surface area contributed by atoms with Crippen LogP contribution in [-0.4, -0.2) is 39.0 Å². The first-order valence-electron chi connectivity index (χ1n) is 5.98. The zero-order valence-corrected chi connectivity index (χ0v) is 13.2. The van der Waals surface area contributed by atoms with Crippen molar-refractivity contribution >= 4 is 32.8 Å². The van der Waals surface area contributed by atoms with Crippen molar-refractivity contribution in [2.24, 2.45) is 0 Å². The number of benzene rings is 1. The smallest absolute Gasteiger partial charge is 0.327 e. The maximum absolute atomic E-state index is 14.0. The second kappa shape index (κ2) is 9.26. The minimum absolute atomic E-state index is 0.138. The van der Waals surface area contributed by atoms with Crippen LogP contribution in [0.25, 0.3) is 0 Å². The molecule has 5 nitrogen and oxygen atoms in total. The van der Waals surface area contributed by atoms with Gasteiger partial charge < -0.3 is 20.8 Å². The van der Waals surface area contributed by atoms with Gasteiger partial charge in [-0.15, -0.1) is 9.24 Å². The molecular formula is C13H21FN3O2P. The number of hydrogen-bond acceptors (Lipinski definition) is 5. The minimum atomic E-state index is -0.663. The highest BCUT2D eigenvalue weighted by molar-refractivity contribution is 7.15. The van der Waals surface area contributed by atoms with Gasteiger partial charge in [-0.3, -0.25) is 0 Å². The molecule has 0 aliphatic heterocycles. The number of carbonyl (C=O) groups excluding carboxylic acids is 1. The van der Waals surface area contributed by atoms with Crippen LogP contribution in [0.4, 0.5) is 15.8 Å². The number of esters is 1. The van der Waals surface area contributed by atoms with Gasteiger partial charge in [0.05, 0.1) is 18.4 Å². The molecule has 1 aromatic rings. The van der Waals surface area contributed by atoms with Crippen molar-refractivity contribution in [2.75, 3.05) is 31.5 Å². The number of halogens is 1. The molecule has 0 bridgehead atoms. The third kappa shape index (κ3) is 4.46. The molecule has 0 fully saturated rings. The van der Waals surface area contributed by atoms with Crippen LogP contribution < -0.4 is 10.6 Å². The van der Waals surface area contributed by atoms with Crippen LogP contribution in [0.15, 0.2) is 12.1 Å². The number of rotatable bonds is 5. The molecule has 1 rings (SSSR count). The summed E-state index contributed by atoms with van der Waals surface area (Å²) in [7, 11) is 5.33. The molecule has 0 saturated heterocycles. The quantitative estimate of drug-likeness (QED) is 0.443. The predicted octanol–water partition coefficient (Wildman–Crippen LogP) is 2.33. The van der Waals surface area contributed by atoms with Gasteiger partial charge in [0.1, 0.15) is 6.04 Å². The number of methoxy groups -OCH3 is 1. The molecule has 0 amide bonds. The third-order valence-electron chi connectivity index (χ3n) is 2.52. The minimum Gasteiger partial charge on any atom is -0.467 e. The SMILES string of the molecule is CNc1ccc(NC(C)C(=O)OC)c(F)c1C=N.CP. The fraction of sp³-hybridized carbons (Fsp3) is 0.385. The molecule has 0 radical (unpaired) electrons. The lowest BCUT2D eigenvalue weighted by atomic mass is 10.1. The van der Waals surface area contributed by atoms with E-state index in [9.17, 15) is 9.18 Å². The standard InChI is InChI=1S/C12H16FN3O2.CH5P/c1-7(12(17)18-3)16-10-5-4-9(15-2)8(6-14)11(10)13;1-2/h4-7,14-16H,1-3H3;2H2,1H3. The van der Waals surface area contributed by atoms with Gasteiger partial charge >= 0.3 is 5.97 Å². The molecule has 0 saturated carbocycles. The molecule has 0 aromatic heterocycles. The average Bonchev–Trinajstić information content (AvgIpc) is 2.49. The van der Waals surface area contributed by atoms with Crippen LogP contribution in [0.2, 0.25) is 0 Å². The van der Waals surface area contributed by atoms with Gasteiger partial charge in [-0.25, -0.2) is 9.18 Å². The molecule has 1 aromatic carbocycles. The van der Waals surface area contributed by atoms with Gasteiger partial charge in [-0.05, 0) is 19.1 Å². The van der Waals surface area contributed by atoms with Gasteiger partial charge in [-0.2, -0.15) is 0 Å². The summed E-state index contributed by atoms with van der Waals surface area (Å²) < 4.78 is 18.6. The third-order valence-corrected chi connectivity index (χ3v) is 2.52. The van der Waals surface area contributed by atoms with Gasteiger partial charge in [-0.1, -0.05) is 6.66 Å². The van der Waals surface area contributed by atoms with E-state index in [1.807, 2.05) is 6.66 Å². The monoisotopic (exact) mass is 301 g/mol. The Balaban J connectivity index is 0.00000172. The van der Waals surface area contributed by atoms with Crippen LogP contribution in [0.3, 0.4) is 0 Å². The highest BCUT2D eigenvalue weighted by Gasteiger charge is 2.17. The summed E-state index contributed by atoms with van der Waals surface area (Å²) in [5.41, 5.74) is 0.809. The first-order valence-corrected chi connectivity index (χ1v) is 7.13. The largest absolute Gasteiger partial charge is 0.467 e. The second-order valence-corrected chi connectivity index (χ2v) is 3.67. The number of anilines is 2. The maximum Gasteiger partial charge on any atom is 0.327 e. The molecule has 0 aliphatic rings. The highest BCUT2D eigenvalue weighted by Crippen LogP contribution is 2.24. The van der Waals surface area contributed by atoms with Crippen molar-refractivity contribution in [3.05, 3.63) is 23.5 Å². The fourth-order valence-corrected chi connectivity index (χ4v) is 1.53. The second-order valence-electron chi connectivity index (χ2n) is 3.67. The van der Waals surface area contributed by atoms with Crippen molar-refractivity contribution in [1.82, 2.24) is 0 Å². The summed E-state index contributed by atoms with van der Waals surface area (Å²) in [4.78, 5) is 11.2. The Hall–Kier alpha value is -1.68. The first kappa shape index (κ1) is 18.3. The molecule has 7 heteroatoms. The Labute approximate surface area is 121 Å². The zero-order valence-electron chi connectivity index (χ0n) is 12.1. The van der Waals surface area contributed by atoms with E-state index >= 15 is 0 Å². The van der Waals surface area contributed by atoms with E-state index in [0.717, 1.165) is 6.21 Å². The van der Waals surface area contributed by atoms with Gasteiger partial charge in [0, 0.05) is 18.9 Å². The van der Waals surface area contributed by atoms with Crippen LogP contribution in [0.1, 0.15) is 12.5 Å². The predicted molar refractivity (Wildman–Crippen MR) is 84.6 cm³/mol.